The van der Waals surface area contributed by atoms with Crippen LogP contribution in [-0.4, -0.2) is 11.7 Å². The Hall–Kier alpha value is -5.35. The van der Waals surface area contributed by atoms with Crippen LogP contribution in [0.1, 0.15) is 69.2 Å². The Morgan fingerprint density at radius 3 is 2.02 bits per heavy atom. The lowest BCUT2D eigenvalue weighted by molar-refractivity contribution is -0.00629. The molecule has 4 bridgehead atoms. The van der Waals surface area contributed by atoms with Gasteiger partial charge < -0.3 is 9.80 Å². The minimum Gasteiger partial charge on any atom is -0.311 e. The number of hydrogen-bond donors (Lipinski definition) is 0. The van der Waals surface area contributed by atoms with Crippen LogP contribution in [0.25, 0.3) is 21.7 Å². The number of anilines is 6. The summed E-state index contributed by atoms with van der Waals surface area (Å²) in [5.41, 5.74) is 17.3. The van der Waals surface area contributed by atoms with Gasteiger partial charge in [-0.05, 0) is 126 Å². The number of fused-ring (bicyclic) bond motifs is 10. The van der Waals surface area contributed by atoms with Gasteiger partial charge in [-0.25, -0.2) is 0 Å². The first-order chi connectivity index (χ1) is 26.5. The molecule has 0 unspecified atom stereocenters. The van der Waals surface area contributed by atoms with Crippen molar-refractivity contribution in [2.45, 2.75) is 63.2 Å². The fourth-order valence-electron chi connectivity index (χ4n) is 13.2. The monoisotopic (exact) mass is 695 g/mol. The van der Waals surface area contributed by atoms with Gasteiger partial charge in [-0.3, -0.25) is 4.98 Å². The maximum absolute atomic E-state index is 5.91. The van der Waals surface area contributed by atoms with Crippen molar-refractivity contribution in [3.05, 3.63) is 144 Å². The molecule has 4 fully saturated rings. The zero-order chi connectivity index (χ0) is 35.5. The van der Waals surface area contributed by atoms with Gasteiger partial charge in [0.2, 0.25) is 0 Å². The summed E-state index contributed by atoms with van der Waals surface area (Å²) in [5.74, 6) is 2.47. The molecular formula is C50H42BN3. The molecule has 7 aliphatic rings. The molecule has 4 saturated carbocycles. The molecule has 54 heavy (non-hydrogen) atoms. The van der Waals surface area contributed by atoms with E-state index in [1.807, 2.05) is 0 Å². The molecule has 260 valence electrons. The second-order valence-electron chi connectivity index (χ2n) is 18.1. The molecule has 0 spiro atoms. The van der Waals surface area contributed by atoms with Crippen LogP contribution in [0.15, 0.2) is 127 Å². The molecule has 14 rings (SSSR count). The maximum Gasteiger partial charge on any atom is 0.252 e. The van der Waals surface area contributed by atoms with Gasteiger partial charge in [0.15, 0.2) is 0 Å². The average molecular weight is 696 g/mol. The quantitative estimate of drug-likeness (QED) is 0.133. The standard InChI is InChI=1S/C50H42BN3/c1-49(2)36-16-7-10-21-41(36)54-43-26-35-34-15-6-9-20-40(34)52-48(50-27-30-23-31(28-50)25-32(24-30)29-50)44(35)47-45(43)51(39-19-12-17-37(49)46(39)54)38-18-8-11-22-42(38)53(47)33-13-4-3-5-14-33/h3-22,26,30-32H,23-25,27-29H2,1-2H3. The van der Waals surface area contributed by atoms with E-state index in [-0.39, 0.29) is 17.5 Å². The van der Waals surface area contributed by atoms with Gasteiger partial charge in [-0.15, -0.1) is 0 Å². The van der Waals surface area contributed by atoms with Gasteiger partial charge in [0.25, 0.3) is 6.71 Å². The summed E-state index contributed by atoms with van der Waals surface area (Å²) >= 11 is 0. The van der Waals surface area contributed by atoms with Crippen LogP contribution < -0.4 is 26.2 Å². The molecule has 4 aliphatic carbocycles. The second-order valence-corrected chi connectivity index (χ2v) is 18.1. The summed E-state index contributed by atoms with van der Waals surface area (Å²) < 4.78 is 0. The Labute approximate surface area is 317 Å². The highest BCUT2D eigenvalue weighted by Crippen LogP contribution is 2.63. The number of benzene rings is 6. The van der Waals surface area contributed by atoms with Crippen molar-refractivity contribution >= 4 is 78.9 Å². The fraction of sp³-hybridized carbons (Fsp3) is 0.260. The van der Waals surface area contributed by atoms with E-state index >= 15 is 0 Å². The summed E-state index contributed by atoms with van der Waals surface area (Å²) in [5, 5.41) is 4.00. The fourth-order valence-corrected chi connectivity index (χ4v) is 13.2. The molecule has 0 radical (unpaired) electrons. The van der Waals surface area contributed by atoms with E-state index in [2.05, 4.69) is 151 Å². The number of nitrogens with zero attached hydrogens (tertiary/aromatic N) is 3. The van der Waals surface area contributed by atoms with Crippen molar-refractivity contribution in [1.82, 2.24) is 4.98 Å². The predicted molar refractivity (Wildman–Crippen MR) is 225 cm³/mol. The van der Waals surface area contributed by atoms with E-state index in [1.54, 1.807) is 0 Å². The normalized spacial score (nSPS) is 24.7. The lowest BCUT2D eigenvalue weighted by atomic mass is 9.33. The average Bonchev–Trinajstić information content (AvgIpc) is 3.19. The Morgan fingerprint density at radius 1 is 0.574 bits per heavy atom. The summed E-state index contributed by atoms with van der Waals surface area (Å²) in [6.07, 6.45) is 8.10. The molecule has 3 nitrogen and oxygen atoms in total. The number of pyridine rings is 1. The SMILES string of the molecule is CC1(C)c2ccccc2N2c3cc4c(c(C56CC7CC(CC(C7)C5)C6)nc5ccccc54)c4c3B(c3ccccc3N4c3ccccc3)c3cccc1c32. The van der Waals surface area contributed by atoms with Crippen molar-refractivity contribution in [2.75, 3.05) is 9.80 Å². The first-order valence-corrected chi connectivity index (χ1v) is 20.4. The summed E-state index contributed by atoms with van der Waals surface area (Å²) in [7, 11) is 0. The van der Waals surface area contributed by atoms with Gasteiger partial charge in [0, 0.05) is 44.4 Å². The third kappa shape index (κ3) is 3.68. The van der Waals surface area contributed by atoms with Crippen LogP contribution in [0.3, 0.4) is 0 Å². The van der Waals surface area contributed by atoms with Gasteiger partial charge >= 0.3 is 0 Å². The van der Waals surface area contributed by atoms with Crippen LogP contribution in [0.5, 0.6) is 0 Å². The van der Waals surface area contributed by atoms with Gasteiger partial charge in [-0.1, -0.05) is 105 Å². The minimum absolute atomic E-state index is 0.0958. The zero-order valence-electron chi connectivity index (χ0n) is 31.0. The highest BCUT2D eigenvalue weighted by Gasteiger charge is 2.55. The number of aromatic nitrogens is 1. The molecule has 4 heterocycles. The van der Waals surface area contributed by atoms with Gasteiger partial charge in [0.1, 0.15) is 0 Å². The van der Waals surface area contributed by atoms with E-state index in [9.17, 15) is 0 Å². The van der Waals surface area contributed by atoms with Crippen LogP contribution in [0.2, 0.25) is 0 Å². The largest absolute Gasteiger partial charge is 0.311 e. The molecule has 0 saturated heterocycles. The van der Waals surface area contributed by atoms with E-state index in [0.29, 0.717) is 0 Å². The minimum atomic E-state index is -0.137. The zero-order valence-corrected chi connectivity index (χ0v) is 31.0. The van der Waals surface area contributed by atoms with Crippen LogP contribution >= 0.6 is 0 Å². The third-order valence-electron chi connectivity index (χ3n) is 14.9. The molecule has 0 amide bonds. The Kier molecular flexibility index (Phi) is 5.69. The summed E-state index contributed by atoms with van der Waals surface area (Å²) in [4.78, 5) is 11.2. The lowest BCUT2D eigenvalue weighted by Crippen LogP contribution is -2.62. The van der Waals surface area contributed by atoms with Gasteiger partial charge in [0.05, 0.1) is 22.6 Å². The molecule has 3 aliphatic heterocycles. The first-order valence-electron chi connectivity index (χ1n) is 20.4. The van der Waals surface area contributed by atoms with Crippen LogP contribution in [-0.2, 0) is 10.8 Å². The molecule has 0 N–H and O–H groups in total. The molecule has 6 aromatic carbocycles. The number of hydrogen-bond acceptors (Lipinski definition) is 3. The highest BCUT2D eigenvalue weighted by molar-refractivity contribution is 7.00. The van der Waals surface area contributed by atoms with Gasteiger partial charge in [-0.2, -0.15) is 0 Å². The van der Waals surface area contributed by atoms with Crippen molar-refractivity contribution in [3.63, 3.8) is 0 Å². The Balaban J connectivity index is 1.25. The highest BCUT2D eigenvalue weighted by atomic mass is 15.2. The predicted octanol–water partition coefficient (Wildman–Crippen LogP) is 10.6. The molecule has 7 aromatic rings. The maximum atomic E-state index is 5.91. The van der Waals surface area contributed by atoms with Crippen molar-refractivity contribution in [1.29, 1.82) is 0 Å². The molecule has 0 atom stereocenters. The van der Waals surface area contributed by atoms with E-state index in [4.69, 9.17) is 4.98 Å². The van der Waals surface area contributed by atoms with Crippen molar-refractivity contribution < 1.29 is 0 Å². The second kappa shape index (κ2) is 10.2. The Bertz CT molecular complexity index is 2730. The lowest BCUT2D eigenvalue weighted by Gasteiger charge is -2.57. The van der Waals surface area contributed by atoms with Crippen LogP contribution in [0, 0.1) is 17.8 Å². The topological polar surface area (TPSA) is 19.4 Å². The summed E-state index contributed by atoms with van der Waals surface area (Å²) in [6.45, 7) is 4.94. The van der Waals surface area contributed by atoms with Crippen molar-refractivity contribution in [3.8, 4) is 0 Å². The van der Waals surface area contributed by atoms with Crippen LogP contribution in [0.4, 0.5) is 34.1 Å². The first kappa shape index (κ1) is 30.0. The van der Waals surface area contributed by atoms with E-state index in [0.717, 1.165) is 23.3 Å². The molecule has 1 aromatic heterocycles. The van der Waals surface area contributed by atoms with E-state index < -0.39 is 0 Å². The number of para-hydroxylation sites is 5. The summed E-state index contributed by atoms with van der Waals surface area (Å²) in [6, 6.07) is 48.5. The Morgan fingerprint density at radius 2 is 1.22 bits per heavy atom. The van der Waals surface area contributed by atoms with Crippen molar-refractivity contribution in [2.24, 2.45) is 17.8 Å². The smallest absolute Gasteiger partial charge is 0.252 e. The van der Waals surface area contributed by atoms with E-state index in [1.165, 1.54) is 122 Å². The number of rotatable bonds is 2. The molecule has 4 heteroatoms. The molecular weight excluding hydrogens is 653 g/mol. The third-order valence-corrected chi connectivity index (χ3v) is 14.9.